The maximum Gasteiger partial charge on any atom is 0.254 e. The van der Waals surface area contributed by atoms with Crippen LogP contribution in [0.25, 0.3) is 44.8 Å². The topological polar surface area (TPSA) is 124 Å². The number of halogens is 1. The van der Waals surface area contributed by atoms with Gasteiger partial charge in [-0.25, -0.2) is 14.4 Å². The molecule has 2 bridgehead atoms. The third-order valence-electron chi connectivity index (χ3n) is 9.79. The van der Waals surface area contributed by atoms with E-state index in [9.17, 15) is 14.3 Å². The van der Waals surface area contributed by atoms with Crippen LogP contribution in [0.4, 0.5) is 4.39 Å². The molecule has 3 unspecified atom stereocenters. The second kappa shape index (κ2) is 10.1. The minimum absolute atomic E-state index is 0.00703. The molecular weight excluding hydrogens is 561 g/mol. The third kappa shape index (κ3) is 4.21. The lowest BCUT2D eigenvalue weighted by molar-refractivity contribution is 0.0700. The van der Waals surface area contributed by atoms with Crippen molar-refractivity contribution in [2.24, 2.45) is 24.6 Å². The first-order valence-corrected chi connectivity index (χ1v) is 15.2. The molecule has 5 heterocycles. The van der Waals surface area contributed by atoms with Crippen LogP contribution < -0.4 is 10.5 Å². The number of imidazole rings is 1. The Bertz CT molecular complexity index is 1960. The molecule has 44 heavy (non-hydrogen) atoms. The fraction of sp³-hybridized carbons (Fsp3) is 0.394. The largest absolute Gasteiger partial charge is 0.494 e. The van der Waals surface area contributed by atoms with Crippen molar-refractivity contribution in [3.63, 3.8) is 0 Å². The summed E-state index contributed by atoms with van der Waals surface area (Å²) in [6.45, 7) is 1.02. The van der Waals surface area contributed by atoms with E-state index in [1.165, 1.54) is 12.3 Å². The molecule has 11 heteroatoms. The first-order chi connectivity index (χ1) is 21.3. The molecule has 3 N–H and O–H groups in total. The van der Waals surface area contributed by atoms with E-state index in [2.05, 4.69) is 15.6 Å². The number of piperidine rings is 1. The van der Waals surface area contributed by atoms with Gasteiger partial charge in [-0.2, -0.15) is 0 Å². The number of fused-ring (bicyclic) bond motifs is 4. The van der Waals surface area contributed by atoms with Crippen LogP contribution in [0.1, 0.15) is 41.7 Å². The van der Waals surface area contributed by atoms with Crippen molar-refractivity contribution >= 4 is 28.0 Å². The van der Waals surface area contributed by atoms with Crippen molar-refractivity contribution in [2.45, 2.75) is 50.9 Å². The van der Waals surface area contributed by atoms with Crippen molar-refractivity contribution in [1.82, 2.24) is 29.0 Å². The van der Waals surface area contributed by atoms with Gasteiger partial charge in [-0.15, -0.1) is 0 Å². The minimum atomic E-state index is -0.562. The highest BCUT2D eigenvalue weighted by Gasteiger charge is 2.47. The SMILES string of the molecule is COc1cc(C(=O)N2CC3CCC2C3N)cc2nc(-c3cc4ccc(-c5cnc(CO)c(F)c5)nc4n3CC3CC3)n(C)c12. The number of rotatable bonds is 7. The monoisotopic (exact) mass is 595 g/mol. The maximum absolute atomic E-state index is 14.5. The van der Waals surface area contributed by atoms with E-state index in [4.69, 9.17) is 20.4 Å². The van der Waals surface area contributed by atoms with Gasteiger partial charge in [0.25, 0.3) is 5.91 Å². The van der Waals surface area contributed by atoms with Gasteiger partial charge in [-0.05, 0) is 73.9 Å². The van der Waals surface area contributed by atoms with Gasteiger partial charge in [-0.1, -0.05) is 0 Å². The van der Waals surface area contributed by atoms with E-state index in [0.29, 0.717) is 46.5 Å². The number of aryl methyl sites for hydroxylation is 1. The third-order valence-corrected chi connectivity index (χ3v) is 9.79. The molecule has 3 atom stereocenters. The minimum Gasteiger partial charge on any atom is -0.494 e. The van der Waals surface area contributed by atoms with Crippen LogP contribution in [0.2, 0.25) is 0 Å². The van der Waals surface area contributed by atoms with Crippen LogP contribution in [0, 0.1) is 17.7 Å². The van der Waals surface area contributed by atoms with Crippen molar-refractivity contribution in [2.75, 3.05) is 13.7 Å². The van der Waals surface area contributed by atoms with E-state index in [-0.39, 0.29) is 23.7 Å². The van der Waals surface area contributed by atoms with Crippen molar-refractivity contribution < 1.29 is 19.0 Å². The van der Waals surface area contributed by atoms with E-state index >= 15 is 0 Å². The molecule has 0 spiro atoms. The molecule has 3 aliphatic rings. The second-order valence-electron chi connectivity index (χ2n) is 12.5. The highest BCUT2D eigenvalue weighted by atomic mass is 19.1. The van der Waals surface area contributed by atoms with Crippen LogP contribution in [0.15, 0.2) is 42.6 Å². The summed E-state index contributed by atoms with van der Waals surface area (Å²) in [5.41, 5.74) is 11.3. The Balaban J connectivity index is 1.23. The number of aliphatic hydroxyl groups excluding tert-OH is 1. The zero-order valence-electron chi connectivity index (χ0n) is 24.7. The number of benzene rings is 1. The summed E-state index contributed by atoms with van der Waals surface area (Å²) in [4.78, 5) is 29.7. The summed E-state index contributed by atoms with van der Waals surface area (Å²) in [6.07, 6.45) is 5.87. The van der Waals surface area contributed by atoms with Gasteiger partial charge >= 0.3 is 0 Å². The lowest BCUT2D eigenvalue weighted by Gasteiger charge is -2.27. The lowest BCUT2D eigenvalue weighted by atomic mass is 10.1. The number of carbonyl (C=O) groups excluding carboxylic acids is 1. The van der Waals surface area contributed by atoms with Gasteiger partial charge in [-0.3, -0.25) is 9.78 Å². The average Bonchev–Trinajstić information content (AvgIpc) is 3.44. The number of hydrogen-bond acceptors (Lipinski definition) is 7. The van der Waals surface area contributed by atoms with Crippen LogP contribution in [-0.4, -0.2) is 65.7 Å². The Morgan fingerprint density at radius 3 is 2.66 bits per heavy atom. The summed E-state index contributed by atoms with van der Waals surface area (Å²) in [6, 6.07) is 11.1. The molecule has 1 aliphatic heterocycles. The average molecular weight is 596 g/mol. The number of methoxy groups -OCH3 is 1. The van der Waals surface area contributed by atoms with Gasteiger partial charge in [0.15, 0.2) is 5.82 Å². The summed E-state index contributed by atoms with van der Waals surface area (Å²) < 4.78 is 24.5. The van der Waals surface area contributed by atoms with Gasteiger partial charge in [0.05, 0.1) is 30.6 Å². The molecule has 1 aromatic carbocycles. The number of nitrogens with two attached hydrogens (primary N) is 1. The van der Waals surface area contributed by atoms with E-state index in [1.807, 2.05) is 40.8 Å². The van der Waals surface area contributed by atoms with Crippen molar-refractivity contribution in [3.05, 3.63) is 59.7 Å². The Morgan fingerprint density at radius 1 is 1.14 bits per heavy atom. The number of ether oxygens (including phenoxy) is 1. The standard InChI is InChI=1S/C33H34FN7O3/c1-39-30-24(10-20(12-28(30)44-2)33(43)41-15-19-6-8-26(41)29(19)35)38-32(39)27-11-18-5-7-23(21-9-22(34)25(16-42)36-13-21)37-31(18)40(27)14-17-3-4-17/h5,7,9-13,17,19,26,29,42H,3-4,6,8,14-16,35H2,1-2H3. The predicted octanol–water partition coefficient (Wildman–Crippen LogP) is 4.26. The van der Waals surface area contributed by atoms with Gasteiger partial charge in [0.1, 0.15) is 28.4 Å². The second-order valence-corrected chi connectivity index (χ2v) is 12.5. The first kappa shape index (κ1) is 27.2. The van der Waals surface area contributed by atoms with E-state index in [1.54, 1.807) is 7.11 Å². The van der Waals surface area contributed by atoms with Crippen LogP contribution in [0.5, 0.6) is 5.75 Å². The normalized spacial score (nSPS) is 21.2. The van der Waals surface area contributed by atoms with Gasteiger partial charge < -0.3 is 29.6 Å². The van der Waals surface area contributed by atoms with Crippen molar-refractivity contribution in [1.29, 1.82) is 0 Å². The zero-order chi connectivity index (χ0) is 30.3. The Kier molecular flexibility index (Phi) is 6.25. The number of aliphatic hydroxyl groups is 1. The summed E-state index contributed by atoms with van der Waals surface area (Å²) in [5.74, 6) is 1.66. The number of amides is 1. The zero-order valence-corrected chi connectivity index (χ0v) is 24.7. The molecule has 4 aromatic heterocycles. The summed E-state index contributed by atoms with van der Waals surface area (Å²) in [7, 11) is 3.58. The summed E-state index contributed by atoms with van der Waals surface area (Å²) >= 11 is 0. The fourth-order valence-corrected chi connectivity index (χ4v) is 7.21. The highest BCUT2D eigenvalue weighted by Crippen LogP contribution is 2.40. The quantitative estimate of drug-likeness (QED) is 0.288. The highest BCUT2D eigenvalue weighted by molar-refractivity contribution is 6.00. The molecule has 3 fully saturated rings. The molecule has 1 amide bonds. The molecule has 8 rings (SSSR count). The predicted molar refractivity (Wildman–Crippen MR) is 163 cm³/mol. The van der Waals surface area contributed by atoms with Crippen LogP contribution in [0.3, 0.4) is 0 Å². The maximum atomic E-state index is 14.5. The smallest absolute Gasteiger partial charge is 0.254 e. The molecule has 2 saturated carbocycles. The number of likely N-dealkylation sites (tertiary alicyclic amines) is 1. The first-order valence-electron chi connectivity index (χ1n) is 15.2. The summed E-state index contributed by atoms with van der Waals surface area (Å²) in [5, 5.41) is 10.3. The number of pyridine rings is 2. The molecule has 5 aromatic rings. The van der Waals surface area contributed by atoms with Crippen molar-refractivity contribution in [3.8, 4) is 28.5 Å². The van der Waals surface area contributed by atoms with Crippen LogP contribution >= 0.6 is 0 Å². The van der Waals surface area contributed by atoms with E-state index in [0.717, 1.165) is 60.3 Å². The van der Waals surface area contributed by atoms with E-state index < -0.39 is 12.4 Å². The number of hydrogen-bond donors (Lipinski definition) is 2. The molecule has 2 aliphatic carbocycles. The molecular formula is C33H34FN7O3. The Morgan fingerprint density at radius 2 is 1.98 bits per heavy atom. The number of carbonyl (C=O) groups is 1. The molecule has 1 saturated heterocycles. The van der Waals surface area contributed by atoms with Crippen LogP contribution in [-0.2, 0) is 20.2 Å². The molecule has 0 radical (unpaired) electrons. The Hall–Kier alpha value is -4.35. The fourth-order valence-electron chi connectivity index (χ4n) is 7.21. The Labute approximate surface area is 253 Å². The van der Waals surface area contributed by atoms with Gasteiger partial charge in [0, 0.05) is 54.9 Å². The van der Waals surface area contributed by atoms with Gasteiger partial charge in [0.2, 0.25) is 0 Å². The molecule has 226 valence electrons. The number of aromatic nitrogens is 5. The molecule has 10 nitrogen and oxygen atoms in total. The number of nitrogens with zero attached hydrogens (tertiary/aromatic N) is 6. The lowest BCUT2D eigenvalue weighted by Crippen LogP contribution is -2.41.